The third-order valence-corrected chi connectivity index (χ3v) is 7.53. The van der Waals surface area contributed by atoms with Crippen LogP contribution in [-0.2, 0) is 11.3 Å². The van der Waals surface area contributed by atoms with Gasteiger partial charge in [-0.25, -0.2) is 0 Å². The third kappa shape index (κ3) is 3.97. The van der Waals surface area contributed by atoms with Crippen LogP contribution in [0.4, 0.5) is 5.69 Å². The zero-order valence-electron chi connectivity index (χ0n) is 18.5. The number of carbonyl (C=O) groups excluding carboxylic acids is 2. The number of pyridine rings is 1. The lowest BCUT2D eigenvalue weighted by atomic mass is 9.81. The van der Waals surface area contributed by atoms with Crippen LogP contribution in [-0.4, -0.2) is 53.5 Å². The second-order valence-electron chi connectivity index (χ2n) is 9.55. The van der Waals surface area contributed by atoms with E-state index in [1.807, 2.05) is 27.7 Å². The van der Waals surface area contributed by atoms with Gasteiger partial charge < -0.3 is 19.7 Å². The Morgan fingerprint density at radius 2 is 1.78 bits per heavy atom. The fraction of sp³-hybridized carbons (Fsp3) is 0.480. The molecule has 0 aliphatic carbocycles. The lowest BCUT2D eigenvalue weighted by Crippen LogP contribution is -3.18. The summed E-state index contributed by atoms with van der Waals surface area (Å²) in [5, 5.41) is 3.08. The monoisotopic (exact) mass is 435 g/mol. The second kappa shape index (κ2) is 8.54. The highest BCUT2D eigenvalue weighted by Gasteiger charge is 2.42. The first-order valence-corrected chi connectivity index (χ1v) is 11.7. The predicted octanol–water partition coefficient (Wildman–Crippen LogP) is 1.11. The Labute approximate surface area is 188 Å². The summed E-state index contributed by atoms with van der Waals surface area (Å²) in [5.41, 5.74) is 2.37. The minimum Gasteiger partial charge on any atom is -0.342 e. The van der Waals surface area contributed by atoms with Gasteiger partial charge in [0.15, 0.2) is 0 Å². The minimum absolute atomic E-state index is 0.0191. The van der Waals surface area contributed by atoms with Gasteiger partial charge in [-0.1, -0.05) is 18.2 Å². The Hall–Kier alpha value is -2.93. The number of nitrogens with zero attached hydrogens (tertiary/aromatic N) is 2. The summed E-state index contributed by atoms with van der Waals surface area (Å²) in [6.45, 7) is 6.10. The molecule has 7 nitrogen and oxygen atoms in total. The molecule has 2 N–H and O–H groups in total. The van der Waals surface area contributed by atoms with E-state index in [2.05, 4.69) is 5.32 Å². The molecule has 3 atom stereocenters. The van der Waals surface area contributed by atoms with Crippen molar-refractivity contribution < 1.29 is 14.5 Å². The fourth-order valence-corrected chi connectivity index (χ4v) is 5.99. The van der Waals surface area contributed by atoms with Crippen LogP contribution in [0.15, 0.2) is 47.3 Å². The maximum absolute atomic E-state index is 12.8. The van der Waals surface area contributed by atoms with Crippen molar-refractivity contribution >= 4 is 17.5 Å². The van der Waals surface area contributed by atoms with Crippen molar-refractivity contribution in [2.45, 2.75) is 44.7 Å². The van der Waals surface area contributed by atoms with Gasteiger partial charge in [0.1, 0.15) is 0 Å². The van der Waals surface area contributed by atoms with Crippen LogP contribution in [0.25, 0.3) is 0 Å². The van der Waals surface area contributed by atoms with Gasteiger partial charge in [0.05, 0.1) is 36.4 Å². The Kier molecular flexibility index (Phi) is 5.59. The van der Waals surface area contributed by atoms with Crippen LogP contribution in [0.2, 0.25) is 0 Å². The van der Waals surface area contributed by atoms with Crippen LogP contribution in [0.3, 0.4) is 0 Å². The molecular formula is C25H31N4O3+. The van der Waals surface area contributed by atoms with Gasteiger partial charge in [0, 0.05) is 56.9 Å². The average Bonchev–Trinajstić information content (AvgIpc) is 2.81. The number of nitrogens with one attached hydrogen (secondary N) is 2. The molecule has 0 radical (unpaired) electrons. The van der Waals surface area contributed by atoms with Gasteiger partial charge in [0.25, 0.3) is 11.5 Å². The maximum Gasteiger partial charge on any atom is 0.255 e. The Morgan fingerprint density at radius 1 is 1.03 bits per heavy atom. The number of hydrogen-bond donors (Lipinski definition) is 2. The van der Waals surface area contributed by atoms with Crippen molar-refractivity contribution in [3.63, 3.8) is 0 Å². The third-order valence-electron chi connectivity index (χ3n) is 7.53. The molecule has 0 spiro atoms. The zero-order valence-corrected chi connectivity index (χ0v) is 18.5. The fourth-order valence-electron chi connectivity index (χ4n) is 5.99. The summed E-state index contributed by atoms with van der Waals surface area (Å²) in [7, 11) is 0. The van der Waals surface area contributed by atoms with Crippen molar-refractivity contribution in [1.29, 1.82) is 0 Å². The topological polar surface area (TPSA) is 75.8 Å². The number of likely N-dealkylation sites (tertiary alicyclic amines) is 2. The molecule has 7 heteroatoms. The molecule has 2 amide bonds. The van der Waals surface area contributed by atoms with E-state index in [0.717, 1.165) is 63.4 Å². The highest BCUT2D eigenvalue weighted by molar-refractivity contribution is 6.04. The van der Waals surface area contributed by atoms with Crippen molar-refractivity contribution in [2.75, 3.05) is 31.5 Å². The predicted molar refractivity (Wildman–Crippen MR) is 122 cm³/mol. The molecule has 168 valence electrons. The summed E-state index contributed by atoms with van der Waals surface area (Å²) in [6, 6.07) is 13.1. The first kappa shape index (κ1) is 20.9. The van der Waals surface area contributed by atoms with Gasteiger partial charge in [-0.2, -0.15) is 0 Å². The standard InChI is InChI=1S/C25H30N4O3/c1-17(30)27-11-9-21(10-12-27)28-14-18-13-20(16-28)24-22(7-8-23(31)29(24)15-18)26-25(32)19-5-3-2-4-6-19/h2-8,18,20-21H,9-16H2,1H3,(H,26,32)/p+1/t18-,20+/m0/s1. The number of fused-ring (bicyclic) bond motifs is 4. The van der Waals surface area contributed by atoms with E-state index >= 15 is 0 Å². The number of hydrogen-bond acceptors (Lipinski definition) is 3. The Bertz CT molecular complexity index is 1070. The molecule has 0 saturated carbocycles. The SMILES string of the molecule is CC(=O)N1CCC([NH+]2C[C@@H]3C[C@H](C2)c2c(NC(=O)c4ccccc4)ccc(=O)n2C3)CC1. The van der Waals surface area contributed by atoms with E-state index < -0.39 is 0 Å². The lowest BCUT2D eigenvalue weighted by molar-refractivity contribution is -0.937. The highest BCUT2D eigenvalue weighted by atomic mass is 16.2. The molecule has 1 aromatic carbocycles. The molecule has 3 aliphatic heterocycles. The number of benzene rings is 1. The number of piperidine rings is 2. The largest absolute Gasteiger partial charge is 0.342 e. The highest BCUT2D eigenvalue weighted by Crippen LogP contribution is 2.35. The van der Waals surface area contributed by atoms with Crippen molar-refractivity contribution in [1.82, 2.24) is 9.47 Å². The molecule has 32 heavy (non-hydrogen) atoms. The minimum atomic E-state index is -0.147. The quantitative estimate of drug-likeness (QED) is 0.759. The van der Waals surface area contributed by atoms with E-state index in [1.165, 1.54) is 0 Å². The van der Waals surface area contributed by atoms with Gasteiger partial charge in [-0.05, 0) is 24.6 Å². The smallest absolute Gasteiger partial charge is 0.255 e. The van der Waals surface area contributed by atoms with Crippen molar-refractivity contribution in [2.24, 2.45) is 5.92 Å². The van der Waals surface area contributed by atoms with Crippen LogP contribution in [0.5, 0.6) is 0 Å². The molecular weight excluding hydrogens is 404 g/mol. The molecule has 1 unspecified atom stereocenters. The second-order valence-corrected chi connectivity index (χ2v) is 9.55. The zero-order chi connectivity index (χ0) is 22.2. The Balaban J connectivity index is 1.38. The van der Waals surface area contributed by atoms with E-state index in [1.54, 1.807) is 36.1 Å². The normalized spacial score (nSPS) is 25.2. The van der Waals surface area contributed by atoms with E-state index in [-0.39, 0.29) is 23.3 Å². The average molecular weight is 436 g/mol. The summed E-state index contributed by atoms with van der Waals surface area (Å²) >= 11 is 0. The molecule has 5 rings (SSSR count). The van der Waals surface area contributed by atoms with Crippen LogP contribution in [0, 0.1) is 5.92 Å². The lowest BCUT2D eigenvalue weighted by Gasteiger charge is -2.45. The number of rotatable bonds is 3. The summed E-state index contributed by atoms with van der Waals surface area (Å²) < 4.78 is 1.90. The van der Waals surface area contributed by atoms with Crippen LogP contribution < -0.4 is 15.8 Å². The summed E-state index contributed by atoms with van der Waals surface area (Å²) in [4.78, 5) is 40.7. The number of carbonyl (C=O) groups is 2. The van der Waals surface area contributed by atoms with Gasteiger partial charge in [-0.15, -0.1) is 0 Å². The molecule has 3 aliphatic rings. The maximum atomic E-state index is 12.8. The van der Waals surface area contributed by atoms with Gasteiger partial charge >= 0.3 is 0 Å². The molecule has 4 heterocycles. The molecule has 1 aromatic heterocycles. The van der Waals surface area contributed by atoms with Crippen LogP contribution >= 0.6 is 0 Å². The van der Waals surface area contributed by atoms with Crippen molar-refractivity contribution in [3.05, 3.63) is 64.1 Å². The first-order chi connectivity index (χ1) is 15.5. The first-order valence-electron chi connectivity index (χ1n) is 11.7. The Morgan fingerprint density at radius 3 is 2.50 bits per heavy atom. The number of quaternary nitrogens is 1. The summed E-state index contributed by atoms with van der Waals surface area (Å²) in [5.74, 6) is 0.745. The van der Waals surface area contributed by atoms with Gasteiger partial charge in [-0.3, -0.25) is 14.4 Å². The number of aromatic nitrogens is 1. The molecule has 2 aromatic rings. The molecule has 2 bridgehead atoms. The number of amides is 2. The summed E-state index contributed by atoms with van der Waals surface area (Å²) in [6.07, 6.45) is 3.13. The van der Waals surface area contributed by atoms with E-state index in [4.69, 9.17) is 0 Å². The van der Waals surface area contributed by atoms with Crippen molar-refractivity contribution in [3.8, 4) is 0 Å². The van der Waals surface area contributed by atoms with E-state index in [9.17, 15) is 14.4 Å². The molecule has 2 saturated heterocycles. The van der Waals surface area contributed by atoms with Gasteiger partial charge in [0.2, 0.25) is 5.91 Å². The van der Waals surface area contributed by atoms with E-state index in [0.29, 0.717) is 17.5 Å². The van der Waals surface area contributed by atoms with Crippen LogP contribution in [0.1, 0.15) is 48.2 Å². The molecule has 2 fully saturated rings. The number of anilines is 1.